The standard InChI is InChI=1S/C21H30O4/c1-5-16-9-14(3)10-17(6-2)20(16)21-18(22)11-15(12-19(21)23)13-25-8-7-24-4/h9-10,15,22H,5-8,11-13H2,1-4H3. The highest BCUT2D eigenvalue weighted by atomic mass is 16.5. The SMILES string of the molecule is CCc1cc(C)cc(CC)c1C1=C(O)CC(COCCOC)CC1=O. The number of hydrogen-bond acceptors (Lipinski definition) is 4. The summed E-state index contributed by atoms with van der Waals surface area (Å²) in [7, 11) is 1.63. The fraction of sp³-hybridized carbons (Fsp3) is 0.571. The average molecular weight is 346 g/mol. The van der Waals surface area contributed by atoms with Crippen molar-refractivity contribution in [3.8, 4) is 0 Å². The fourth-order valence-corrected chi connectivity index (χ4v) is 3.59. The zero-order valence-electron chi connectivity index (χ0n) is 15.9. The minimum Gasteiger partial charge on any atom is -0.512 e. The first-order valence-corrected chi connectivity index (χ1v) is 9.16. The van der Waals surface area contributed by atoms with Crippen molar-refractivity contribution in [1.82, 2.24) is 0 Å². The first kappa shape index (κ1) is 19.7. The highest BCUT2D eigenvalue weighted by Gasteiger charge is 2.30. The van der Waals surface area contributed by atoms with Gasteiger partial charge in [-0.2, -0.15) is 0 Å². The van der Waals surface area contributed by atoms with Gasteiger partial charge in [0.15, 0.2) is 5.78 Å². The lowest BCUT2D eigenvalue weighted by molar-refractivity contribution is -0.115. The molecule has 0 aliphatic heterocycles. The van der Waals surface area contributed by atoms with Gasteiger partial charge >= 0.3 is 0 Å². The molecule has 1 aromatic rings. The molecule has 1 N–H and O–H groups in total. The number of allylic oxidation sites excluding steroid dienone is 2. The van der Waals surface area contributed by atoms with Crippen LogP contribution in [-0.4, -0.2) is 37.8 Å². The van der Waals surface area contributed by atoms with Crippen molar-refractivity contribution in [2.75, 3.05) is 26.9 Å². The second kappa shape index (κ2) is 9.16. The number of benzene rings is 1. The number of ketones is 1. The van der Waals surface area contributed by atoms with Crippen molar-refractivity contribution in [3.05, 3.63) is 40.1 Å². The first-order valence-electron chi connectivity index (χ1n) is 9.16. The number of hydrogen-bond donors (Lipinski definition) is 1. The lowest BCUT2D eigenvalue weighted by atomic mass is 9.80. The molecule has 0 aromatic heterocycles. The molecule has 1 aromatic carbocycles. The van der Waals surface area contributed by atoms with Crippen LogP contribution in [0.15, 0.2) is 17.9 Å². The van der Waals surface area contributed by atoms with Gasteiger partial charge in [0.05, 0.1) is 25.4 Å². The number of Topliss-reactive ketones (excluding diaryl/α,β-unsaturated/α-hetero) is 1. The second-order valence-electron chi connectivity index (χ2n) is 6.75. The summed E-state index contributed by atoms with van der Waals surface area (Å²) in [5.74, 6) is 0.274. The normalized spacial score (nSPS) is 18.1. The monoisotopic (exact) mass is 346 g/mol. The van der Waals surface area contributed by atoms with Gasteiger partial charge in [0, 0.05) is 20.0 Å². The molecule has 25 heavy (non-hydrogen) atoms. The Hall–Kier alpha value is -1.65. The minimum atomic E-state index is 0.0253. The van der Waals surface area contributed by atoms with E-state index in [-0.39, 0.29) is 17.5 Å². The molecule has 0 saturated carbocycles. The molecule has 0 heterocycles. The van der Waals surface area contributed by atoms with Crippen LogP contribution in [0.2, 0.25) is 0 Å². The molecule has 1 atom stereocenters. The number of carbonyl (C=O) groups is 1. The molecule has 4 nitrogen and oxygen atoms in total. The highest BCUT2D eigenvalue weighted by molar-refractivity contribution is 6.22. The van der Waals surface area contributed by atoms with Gasteiger partial charge < -0.3 is 14.6 Å². The molecule has 1 unspecified atom stereocenters. The Morgan fingerprint density at radius 2 is 1.76 bits per heavy atom. The quantitative estimate of drug-likeness (QED) is 0.722. The van der Waals surface area contributed by atoms with Gasteiger partial charge in [0.2, 0.25) is 0 Å². The fourth-order valence-electron chi connectivity index (χ4n) is 3.59. The Morgan fingerprint density at radius 3 is 2.28 bits per heavy atom. The summed E-state index contributed by atoms with van der Waals surface area (Å²) < 4.78 is 10.5. The number of aryl methyl sites for hydroxylation is 3. The number of rotatable bonds is 8. The Morgan fingerprint density at radius 1 is 1.12 bits per heavy atom. The Labute approximate surface area is 150 Å². The summed E-state index contributed by atoms with van der Waals surface area (Å²) in [4.78, 5) is 12.8. The Bertz CT molecular complexity index is 620. The smallest absolute Gasteiger partial charge is 0.167 e. The number of aliphatic hydroxyl groups is 1. The summed E-state index contributed by atoms with van der Waals surface area (Å²) in [5.41, 5.74) is 4.96. The van der Waals surface area contributed by atoms with Crippen LogP contribution < -0.4 is 0 Å². The van der Waals surface area contributed by atoms with E-state index in [1.165, 1.54) is 5.56 Å². The van der Waals surface area contributed by atoms with Gasteiger partial charge in [-0.05, 0) is 42.4 Å². The van der Waals surface area contributed by atoms with Gasteiger partial charge in [0.25, 0.3) is 0 Å². The third-order valence-corrected chi connectivity index (χ3v) is 4.77. The molecule has 0 radical (unpaired) electrons. The third kappa shape index (κ3) is 4.71. The van der Waals surface area contributed by atoms with E-state index < -0.39 is 0 Å². The number of carbonyl (C=O) groups excluding carboxylic acids is 1. The second-order valence-corrected chi connectivity index (χ2v) is 6.75. The predicted molar refractivity (Wildman–Crippen MR) is 99.9 cm³/mol. The molecule has 0 bridgehead atoms. The van der Waals surface area contributed by atoms with Gasteiger partial charge in [0.1, 0.15) is 5.76 Å². The summed E-state index contributed by atoms with van der Waals surface area (Å²) in [6.07, 6.45) is 2.61. The van der Waals surface area contributed by atoms with E-state index in [0.717, 1.165) is 29.5 Å². The molecular weight excluding hydrogens is 316 g/mol. The predicted octanol–water partition coefficient (Wildman–Crippen LogP) is 4.03. The van der Waals surface area contributed by atoms with Crippen molar-refractivity contribution in [2.24, 2.45) is 5.92 Å². The van der Waals surface area contributed by atoms with Crippen LogP contribution in [0.5, 0.6) is 0 Å². The molecular formula is C21H30O4. The van der Waals surface area contributed by atoms with Crippen LogP contribution in [0.3, 0.4) is 0 Å². The van der Waals surface area contributed by atoms with E-state index in [1.54, 1.807) is 7.11 Å². The molecule has 1 aliphatic rings. The molecule has 2 rings (SSSR count). The van der Waals surface area contributed by atoms with Crippen molar-refractivity contribution in [2.45, 2.75) is 46.5 Å². The average Bonchev–Trinajstić information content (AvgIpc) is 2.58. The zero-order chi connectivity index (χ0) is 18.4. The van der Waals surface area contributed by atoms with E-state index in [1.807, 2.05) is 0 Å². The lowest BCUT2D eigenvalue weighted by Crippen LogP contribution is -2.24. The molecule has 138 valence electrons. The Balaban J connectivity index is 2.29. The van der Waals surface area contributed by atoms with Crippen molar-refractivity contribution in [1.29, 1.82) is 0 Å². The number of methoxy groups -OCH3 is 1. The largest absolute Gasteiger partial charge is 0.512 e. The van der Waals surface area contributed by atoms with Crippen molar-refractivity contribution in [3.63, 3.8) is 0 Å². The van der Waals surface area contributed by atoms with E-state index in [0.29, 0.717) is 38.2 Å². The molecule has 0 saturated heterocycles. The van der Waals surface area contributed by atoms with Crippen LogP contribution in [0.4, 0.5) is 0 Å². The van der Waals surface area contributed by atoms with Gasteiger partial charge in [-0.3, -0.25) is 4.79 Å². The van der Waals surface area contributed by atoms with Crippen LogP contribution >= 0.6 is 0 Å². The Kier molecular flexibility index (Phi) is 7.21. The zero-order valence-corrected chi connectivity index (χ0v) is 15.9. The molecule has 1 aliphatic carbocycles. The lowest BCUT2D eigenvalue weighted by Gasteiger charge is -2.26. The highest BCUT2D eigenvalue weighted by Crippen LogP contribution is 2.36. The van der Waals surface area contributed by atoms with Crippen LogP contribution in [-0.2, 0) is 27.1 Å². The van der Waals surface area contributed by atoms with Crippen LogP contribution in [0, 0.1) is 12.8 Å². The van der Waals surface area contributed by atoms with E-state index in [9.17, 15) is 9.90 Å². The van der Waals surface area contributed by atoms with Crippen LogP contribution in [0.25, 0.3) is 5.57 Å². The summed E-state index contributed by atoms with van der Waals surface area (Å²) in [6, 6.07) is 4.25. The number of aliphatic hydroxyl groups excluding tert-OH is 1. The van der Waals surface area contributed by atoms with Crippen molar-refractivity contribution >= 4 is 11.4 Å². The van der Waals surface area contributed by atoms with E-state index in [2.05, 4.69) is 32.9 Å². The topological polar surface area (TPSA) is 55.8 Å². The summed E-state index contributed by atoms with van der Waals surface area (Å²) in [5, 5.41) is 10.7. The van der Waals surface area contributed by atoms with E-state index in [4.69, 9.17) is 9.47 Å². The maximum Gasteiger partial charge on any atom is 0.167 e. The van der Waals surface area contributed by atoms with Crippen molar-refractivity contribution < 1.29 is 19.4 Å². The van der Waals surface area contributed by atoms with Gasteiger partial charge in [-0.15, -0.1) is 0 Å². The summed E-state index contributed by atoms with van der Waals surface area (Å²) in [6.45, 7) is 7.78. The number of ether oxygens (including phenoxy) is 2. The molecule has 4 heteroatoms. The van der Waals surface area contributed by atoms with Gasteiger partial charge in [-0.25, -0.2) is 0 Å². The maximum atomic E-state index is 12.8. The molecule has 0 spiro atoms. The maximum absolute atomic E-state index is 12.8. The summed E-state index contributed by atoms with van der Waals surface area (Å²) >= 11 is 0. The minimum absolute atomic E-state index is 0.0253. The third-order valence-electron chi connectivity index (χ3n) is 4.77. The van der Waals surface area contributed by atoms with E-state index >= 15 is 0 Å². The van der Waals surface area contributed by atoms with Crippen LogP contribution in [0.1, 0.15) is 48.9 Å². The molecule has 0 amide bonds. The van der Waals surface area contributed by atoms with Gasteiger partial charge in [-0.1, -0.05) is 31.5 Å². The first-order chi connectivity index (χ1) is 12.0. The molecule has 0 fully saturated rings.